The zero-order chi connectivity index (χ0) is 15.5. The topological polar surface area (TPSA) is 62.1 Å². The zero-order valence-corrected chi connectivity index (χ0v) is 13.1. The summed E-state index contributed by atoms with van der Waals surface area (Å²) >= 11 is 0. The molecule has 0 bridgehead atoms. The molecule has 0 aliphatic heterocycles. The fourth-order valence-corrected chi connectivity index (χ4v) is 3.13. The molecule has 21 heavy (non-hydrogen) atoms. The molecule has 2 aromatic carbocycles. The molecular weight excluding hydrogens is 310 g/mol. The van der Waals surface area contributed by atoms with E-state index in [1.54, 1.807) is 49.3 Å². The Morgan fingerprint density at radius 1 is 0.952 bits per heavy atom. The molecule has 0 spiro atoms. The van der Waals surface area contributed by atoms with E-state index >= 15 is 0 Å². The second kappa shape index (κ2) is 6.24. The number of hydrogen-bond acceptors (Lipinski definition) is 5. The van der Waals surface area contributed by atoms with E-state index in [9.17, 15) is 8.42 Å². The number of halogens is 1. The molecule has 0 fully saturated rings. The monoisotopic (exact) mass is 323 g/mol. The van der Waals surface area contributed by atoms with Gasteiger partial charge in [0.15, 0.2) is 0 Å². The molecule has 0 amide bonds. The number of rotatable bonds is 4. The quantitative estimate of drug-likeness (QED) is 0.628. The van der Waals surface area contributed by atoms with Crippen LogP contribution in [-0.2, 0) is 9.05 Å². The maximum absolute atomic E-state index is 11.8. The van der Waals surface area contributed by atoms with Crippen LogP contribution in [-0.4, -0.2) is 22.5 Å². The van der Waals surface area contributed by atoms with Crippen LogP contribution in [0, 0.1) is 0 Å². The van der Waals surface area contributed by atoms with Gasteiger partial charge in [-0.25, -0.2) is 8.42 Å². The SMILES string of the molecule is CN(C)c1cccc(N=Nc2ccccc2)c1S(=O)(=O)Cl. The predicted octanol–water partition coefficient (Wildman–Crippen LogP) is 4.10. The predicted molar refractivity (Wildman–Crippen MR) is 84.4 cm³/mol. The third-order valence-corrected chi connectivity index (χ3v) is 4.10. The summed E-state index contributed by atoms with van der Waals surface area (Å²) in [5, 5.41) is 8.06. The molecule has 2 rings (SSSR count). The van der Waals surface area contributed by atoms with Gasteiger partial charge in [0.1, 0.15) is 10.6 Å². The standard InChI is InChI=1S/C14H14ClN3O2S/c1-18(2)13-10-6-9-12(14(13)21(15,19)20)17-16-11-7-4-3-5-8-11/h3-10H,1-2H3. The minimum Gasteiger partial charge on any atom is -0.377 e. The van der Waals surface area contributed by atoms with Gasteiger partial charge < -0.3 is 4.90 Å². The molecule has 7 heteroatoms. The molecule has 0 N–H and O–H groups in total. The maximum atomic E-state index is 11.8. The van der Waals surface area contributed by atoms with Crippen molar-refractivity contribution in [2.75, 3.05) is 19.0 Å². The molecule has 0 radical (unpaired) electrons. The summed E-state index contributed by atoms with van der Waals surface area (Å²) in [6.07, 6.45) is 0. The fourth-order valence-electron chi connectivity index (χ4n) is 1.80. The summed E-state index contributed by atoms with van der Waals surface area (Å²) in [5.41, 5.74) is 1.31. The van der Waals surface area contributed by atoms with Crippen molar-refractivity contribution in [3.63, 3.8) is 0 Å². The van der Waals surface area contributed by atoms with Crippen molar-refractivity contribution >= 4 is 36.8 Å². The van der Waals surface area contributed by atoms with Gasteiger partial charge >= 0.3 is 0 Å². The molecule has 0 aliphatic rings. The van der Waals surface area contributed by atoms with Gasteiger partial charge in [-0.05, 0) is 24.3 Å². The van der Waals surface area contributed by atoms with Crippen molar-refractivity contribution in [3.8, 4) is 0 Å². The van der Waals surface area contributed by atoms with Crippen LogP contribution in [0.25, 0.3) is 0 Å². The van der Waals surface area contributed by atoms with Crippen molar-refractivity contribution in [2.45, 2.75) is 4.90 Å². The van der Waals surface area contributed by atoms with Gasteiger partial charge in [-0.1, -0.05) is 24.3 Å². The van der Waals surface area contributed by atoms with Gasteiger partial charge in [0, 0.05) is 24.8 Å². The van der Waals surface area contributed by atoms with Crippen molar-refractivity contribution < 1.29 is 8.42 Å². The second-order valence-electron chi connectivity index (χ2n) is 4.49. The number of hydrogen-bond donors (Lipinski definition) is 0. The third kappa shape index (κ3) is 3.80. The summed E-state index contributed by atoms with van der Waals surface area (Å²) < 4.78 is 23.7. The maximum Gasteiger partial charge on any atom is 0.265 e. The molecule has 5 nitrogen and oxygen atoms in total. The Morgan fingerprint density at radius 3 is 2.19 bits per heavy atom. The lowest BCUT2D eigenvalue weighted by Gasteiger charge is -2.16. The first-order chi connectivity index (χ1) is 9.89. The van der Waals surface area contributed by atoms with E-state index in [0.29, 0.717) is 11.4 Å². The molecule has 0 heterocycles. The third-order valence-electron chi connectivity index (χ3n) is 2.73. The van der Waals surface area contributed by atoms with Gasteiger partial charge in [-0.15, -0.1) is 5.11 Å². The Labute approximate surface area is 128 Å². The van der Waals surface area contributed by atoms with E-state index in [4.69, 9.17) is 10.7 Å². The fraction of sp³-hybridized carbons (Fsp3) is 0.143. The van der Waals surface area contributed by atoms with Crippen LogP contribution in [0.4, 0.5) is 17.1 Å². The van der Waals surface area contributed by atoms with Crippen LogP contribution in [0.2, 0.25) is 0 Å². The molecular formula is C14H14ClN3O2S. The lowest BCUT2D eigenvalue weighted by Crippen LogP contribution is -2.12. The number of nitrogens with zero attached hydrogens (tertiary/aromatic N) is 3. The molecule has 0 saturated heterocycles. The minimum atomic E-state index is -3.94. The highest BCUT2D eigenvalue weighted by molar-refractivity contribution is 8.14. The lowest BCUT2D eigenvalue weighted by atomic mass is 10.2. The first-order valence-electron chi connectivity index (χ1n) is 6.11. The molecule has 0 aromatic heterocycles. The van der Waals surface area contributed by atoms with Gasteiger partial charge in [0.2, 0.25) is 0 Å². The summed E-state index contributed by atoms with van der Waals surface area (Å²) in [5.74, 6) is 0. The normalized spacial score (nSPS) is 11.8. The van der Waals surface area contributed by atoms with E-state index in [1.807, 2.05) is 18.2 Å². The number of anilines is 1. The van der Waals surface area contributed by atoms with Gasteiger partial charge in [-0.3, -0.25) is 0 Å². The molecule has 110 valence electrons. The lowest BCUT2D eigenvalue weighted by molar-refractivity contribution is 0.609. The van der Waals surface area contributed by atoms with Gasteiger partial charge in [0.25, 0.3) is 9.05 Å². The zero-order valence-electron chi connectivity index (χ0n) is 11.6. The first-order valence-corrected chi connectivity index (χ1v) is 8.42. The number of benzene rings is 2. The molecule has 0 unspecified atom stereocenters. The average molecular weight is 324 g/mol. The molecule has 0 aliphatic carbocycles. The largest absolute Gasteiger partial charge is 0.377 e. The van der Waals surface area contributed by atoms with Crippen LogP contribution in [0.15, 0.2) is 63.7 Å². The minimum absolute atomic E-state index is 0.0450. The smallest absolute Gasteiger partial charge is 0.265 e. The van der Waals surface area contributed by atoms with Crippen molar-refractivity contribution in [1.82, 2.24) is 0 Å². The van der Waals surface area contributed by atoms with Crippen LogP contribution in [0.1, 0.15) is 0 Å². The highest BCUT2D eigenvalue weighted by Gasteiger charge is 2.21. The van der Waals surface area contributed by atoms with E-state index in [0.717, 1.165) is 0 Å². The number of azo groups is 1. The summed E-state index contributed by atoms with van der Waals surface area (Å²) in [4.78, 5) is 1.62. The summed E-state index contributed by atoms with van der Waals surface area (Å²) in [6.45, 7) is 0. The second-order valence-corrected chi connectivity index (χ2v) is 7.00. The van der Waals surface area contributed by atoms with E-state index in [2.05, 4.69) is 10.2 Å². The Morgan fingerprint density at radius 2 is 1.62 bits per heavy atom. The van der Waals surface area contributed by atoms with Crippen molar-refractivity contribution in [3.05, 3.63) is 48.5 Å². The van der Waals surface area contributed by atoms with Crippen LogP contribution >= 0.6 is 10.7 Å². The highest BCUT2D eigenvalue weighted by atomic mass is 35.7. The van der Waals surface area contributed by atoms with E-state index in [1.165, 1.54) is 0 Å². The summed E-state index contributed by atoms with van der Waals surface area (Å²) in [6, 6.07) is 14.0. The molecule has 2 aromatic rings. The Kier molecular flexibility index (Phi) is 4.59. The Bertz CT molecular complexity index is 759. The average Bonchev–Trinajstić information content (AvgIpc) is 2.44. The molecule has 0 atom stereocenters. The van der Waals surface area contributed by atoms with Crippen LogP contribution in [0.5, 0.6) is 0 Å². The summed E-state index contributed by atoms with van der Waals surface area (Å²) in [7, 11) is 5.07. The first kappa shape index (κ1) is 15.5. The Hall–Kier alpha value is -1.92. The van der Waals surface area contributed by atoms with Crippen LogP contribution < -0.4 is 4.90 Å². The van der Waals surface area contributed by atoms with E-state index in [-0.39, 0.29) is 10.6 Å². The van der Waals surface area contributed by atoms with Gasteiger partial charge in [-0.2, -0.15) is 5.11 Å². The van der Waals surface area contributed by atoms with Crippen LogP contribution in [0.3, 0.4) is 0 Å². The highest BCUT2D eigenvalue weighted by Crippen LogP contribution is 2.36. The molecule has 0 saturated carbocycles. The van der Waals surface area contributed by atoms with Gasteiger partial charge in [0.05, 0.1) is 11.4 Å². The van der Waals surface area contributed by atoms with Crippen molar-refractivity contribution in [1.29, 1.82) is 0 Å². The Balaban J connectivity index is 2.54. The van der Waals surface area contributed by atoms with E-state index < -0.39 is 9.05 Å². The van der Waals surface area contributed by atoms with Crippen molar-refractivity contribution in [2.24, 2.45) is 10.2 Å².